The zero-order valence-corrected chi connectivity index (χ0v) is 20.2. The summed E-state index contributed by atoms with van der Waals surface area (Å²) in [7, 11) is 1.37. The number of methoxy groups -OCH3 is 1. The zero-order chi connectivity index (χ0) is 26.2. The number of halogens is 2. The number of ether oxygens (including phenoxy) is 3. The second-order valence-electron chi connectivity index (χ2n) is 7.14. The number of rotatable bonds is 9. The molecule has 0 aliphatic rings. The summed E-state index contributed by atoms with van der Waals surface area (Å²) >= 11 is 12.0. The fourth-order valence-electron chi connectivity index (χ4n) is 3.06. The van der Waals surface area contributed by atoms with Gasteiger partial charge in [0.15, 0.2) is 0 Å². The van der Waals surface area contributed by atoms with Crippen LogP contribution in [0.5, 0.6) is 5.75 Å². The maximum absolute atomic E-state index is 13.2. The van der Waals surface area contributed by atoms with Crippen LogP contribution in [-0.4, -0.2) is 48.2 Å². The Kier molecular flexibility index (Phi) is 8.88. The van der Waals surface area contributed by atoms with Gasteiger partial charge in [0.25, 0.3) is 5.91 Å². The largest absolute Gasteiger partial charge is 0.495 e. The molecule has 0 unspecified atom stereocenters. The third-order valence-corrected chi connectivity index (χ3v) is 5.46. The van der Waals surface area contributed by atoms with Crippen molar-refractivity contribution < 1.29 is 38.5 Å². The molecule has 36 heavy (non-hydrogen) atoms. The lowest BCUT2D eigenvalue weighted by Crippen LogP contribution is -2.48. The molecule has 0 aliphatic heterocycles. The van der Waals surface area contributed by atoms with Gasteiger partial charge >= 0.3 is 17.9 Å². The van der Waals surface area contributed by atoms with Crippen molar-refractivity contribution in [3.63, 3.8) is 0 Å². The molecule has 0 fully saturated rings. The normalized spacial score (nSPS) is 12.1. The minimum Gasteiger partial charge on any atom is -0.495 e. The second kappa shape index (κ2) is 12.1. The number of carbonyl (C=O) groups is 4. The van der Waals surface area contributed by atoms with E-state index in [4.69, 9.17) is 37.4 Å². The van der Waals surface area contributed by atoms with Crippen LogP contribution in [0.4, 0.5) is 5.69 Å². The molecule has 0 bridgehead atoms. The van der Waals surface area contributed by atoms with Crippen LogP contribution in [0.15, 0.2) is 72.8 Å². The van der Waals surface area contributed by atoms with Crippen molar-refractivity contribution in [2.75, 3.05) is 12.4 Å². The van der Waals surface area contributed by atoms with Gasteiger partial charge in [-0.05, 0) is 36.4 Å². The van der Waals surface area contributed by atoms with Crippen LogP contribution in [0.1, 0.15) is 20.7 Å². The van der Waals surface area contributed by atoms with E-state index in [1.54, 1.807) is 30.3 Å². The van der Waals surface area contributed by atoms with Gasteiger partial charge in [-0.1, -0.05) is 59.6 Å². The Labute approximate surface area is 215 Å². The number of nitrogens with one attached hydrogen (secondary N) is 1. The summed E-state index contributed by atoms with van der Waals surface area (Å²) in [5.41, 5.74) is -0.118. The van der Waals surface area contributed by atoms with Crippen molar-refractivity contribution in [3.8, 4) is 5.75 Å². The summed E-state index contributed by atoms with van der Waals surface area (Å²) in [4.78, 5) is 50.9. The van der Waals surface area contributed by atoms with E-state index in [2.05, 4.69) is 5.32 Å². The smallest absolute Gasteiger partial charge is 0.349 e. The molecule has 9 nitrogen and oxygen atoms in total. The van der Waals surface area contributed by atoms with Gasteiger partial charge in [0.05, 0.1) is 34.0 Å². The Balaban J connectivity index is 1.97. The highest BCUT2D eigenvalue weighted by atomic mass is 35.5. The maximum Gasteiger partial charge on any atom is 0.349 e. The van der Waals surface area contributed by atoms with E-state index >= 15 is 0 Å². The summed E-state index contributed by atoms with van der Waals surface area (Å²) in [6.07, 6.45) is -4.36. The Morgan fingerprint density at radius 1 is 0.750 bits per heavy atom. The number of hydrogen-bond donors (Lipinski definition) is 2. The molecule has 0 aromatic heterocycles. The first-order chi connectivity index (χ1) is 17.2. The molecule has 1 amide bonds. The molecule has 11 heteroatoms. The van der Waals surface area contributed by atoms with Gasteiger partial charge in [0.2, 0.25) is 12.2 Å². The molecule has 2 N–H and O–H groups in total. The standard InChI is InChI=1S/C25H19Cl2NO8/c1-34-19-13-7-6-12-18(19)28-22(29)20(35-24(32)14-8-2-4-10-16(14)26)21(23(30)31)36-25(33)15-9-3-5-11-17(15)27/h2-13,20-21H,1H3,(H,28,29)(H,30,31)/t20-,21-/m1/s1. The molecule has 2 atom stereocenters. The minimum absolute atomic E-state index is 0.00488. The maximum atomic E-state index is 13.2. The average molecular weight is 532 g/mol. The number of carboxylic acids is 1. The highest BCUT2D eigenvalue weighted by Gasteiger charge is 2.41. The van der Waals surface area contributed by atoms with Gasteiger partial charge in [-0.3, -0.25) is 4.79 Å². The predicted octanol–water partition coefficient (Wildman–Crippen LogP) is 4.48. The van der Waals surface area contributed by atoms with Crippen LogP contribution < -0.4 is 10.1 Å². The van der Waals surface area contributed by atoms with Crippen molar-refractivity contribution in [1.29, 1.82) is 0 Å². The molecule has 3 aromatic rings. The Hall–Kier alpha value is -4.08. The fourth-order valence-corrected chi connectivity index (χ4v) is 3.48. The lowest BCUT2D eigenvalue weighted by molar-refractivity contribution is -0.157. The van der Waals surface area contributed by atoms with Crippen molar-refractivity contribution in [1.82, 2.24) is 0 Å². The molecular weight excluding hydrogens is 513 g/mol. The second-order valence-corrected chi connectivity index (χ2v) is 7.95. The van der Waals surface area contributed by atoms with Crippen molar-refractivity contribution in [2.45, 2.75) is 12.2 Å². The van der Waals surface area contributed by atoms with E-state index in [1.807, 2.05) is 0 Å². The molecule has 186 valence electrons. The van der Waals surface area contributed by atoms with E-state index in [0.29, 0.717) is 0 Å². The number of hydrogen-bond acceptors (Lipinski definition) is 7. The van der Waals surface area contributed by atoms with Crippen molar-refractivity contribution in [2.24, 2.45) is 0 Å². The highest BCUT2D eigenvalue weighted by molar-refractivity contribution is 6.34. The monoisotopic (exact) mass is 531 g/mol. The minimum atomic E-state index is -2.24. The summed E-state index contributed by atoms with van der Waals surface area (Å²) in [5, 5.41) is 12.3. The molecule has 0 saturated carbocycles. The Morgan fingerprint density at radius 2 is 1.22 bits per heavy atom. The first-order valence-electron chi connectivity index (χ1n) is 10.3. The van der Waals surface area contributed by atoms with Gasteiger partial charge < -0.3 is 24.6 Å². The summed E-state index contributed by atoms with van der Waals surface area (Å²) in [6, 6.07) is 17.8. The van der Waals surface area contributed by atoms with Gasteiger partial charge in [0.1, 0.15) is 5.75 Å². The lowest BCUT2D eigenvalue weighted by Gasteiger charge is -2.24. The van der Waals surface area contributed by atoms with Gasteiger partial charge in [0, 0.05) is 0 Å². The number of amides is 1. The number of benzene rings is 3. The molecule has 0 saturated heterocycles. The Morgan fingerprint density at radius 3 is 1.72 bits per heavy atom. The number of anilines is 1. The van der Waals surface area contributed by atoms with Crippen LogP contribution in [0, 0.1) is 0 Å². The quantitative estimate of drug-likeness (QED) is 0.387. The zero-order valence-electron chi connectivity index (χ0n) is 18.6. The molecule has 0 radical (unpaired) electrons. The van der Waals surface area contributed by atoms with E-state index in [9.17, 15) is 24.3 Å². The molecule has 3 rings (SSSR count). The SMILES string of the molecule is COc1ccccc1NC(=O)[C@H](OC(=O)c1ccccc1Cl)[C@@H](OC(=O)c1ccccc1Cl)C(=O)O. The molecular formula is C25H19Cl2NO8. The van der Waals surface area contributed by atoms with Crippen LogP contribution in [0.25, 0.3) is 0 Å². The topological polar surface area (TPSA) is 128 Å². The van der Waals surface area contributed by atoms with Gasteiger partial charge in [-0.2, -0.15) is 0 Å². The molecule has 0 aliphatic carbocycles. The van der Waals surface area contributed by atoms with E-state index in [-0.39, 0.29) is 32.6 Å². The van der Waals surface area contributed by atoms with E-state index < -0.39 is 36.0 Å². The molecule has 0 spiro atoms. The van der Waals surface area contributed by atoms with E-state index in [1.165, 1.54) is 49.6 Å². The first kappa shape index (κ1) is 26.5. The lowest BCUT2D eigenvalue weighted by atomic mass is 10.1. The fraction of sp³-hybridized carbons (Fsp3) is 0.120. The van der Waals surface area contributed by atoms with Crippen LogP contribution in [-0.2, 0) is 19.1 Å². The third-order valence-electron chi connectivity index (χ3n) is 4.80. The predicted molar refractivity (Wildman–Crippen MR) is 131 cm³/mol. The summed E-state index contributed by atoms with van der Waals surface area (Å²) < 4.78 is 15.5. The van der Waals surface area contributed by atoms with Crippen LogP contribution in [0.3, 0.4) is 0 Å². The summed E-state index contributed by atoms with van der Waals surface area (Å²) in [6.45, 7) is 0. The molecule has 3 aromatic carbocycles. The van der Waals surface area contributed by atoms with Crippen molar-refractivity contribution >= 4 is 52.7 Å². The van der Waals surface area contributed by atoms with E-state index in [0.717, 1.165) is 0 Å². The number of carbonyl (C=O) groups excluding carboxylic acids is 3. The van der Waals surface area contributed by atoms with Crippen LogP contribution >= 0.6 is 23.2 Å². The molecule has 0 heterocycles. The number of aliphatic carboxylic acids is 1. The third kappa shape index (κ3) is 6.32. The number of para-hydroxylation sites is 2. The van der Waals surface area contributed by atoms with Crippen molar-refractivity contribution in [3.05, 3.63) is 94.0 Å². The first-order valence-corrected chi connectivity index (χ1v) is 11.1. The van der Waals surface area contributed by atoms with Gasteiger partial charge in [-0.25, -0.2) is 14.4 Å². The van der Waals surface area contributed by atoms with Crippen LogP contribution in [0.2, 0.25) is 10.0 Å². The average Bonchev–Trinajstić information content (AvgIpc) is 2.86. The summed E-state index contributed by atoms with van der Waals surface area (Å²) in [5.74, 6) is -4.85. The highest BCUT2D eigenvalue weighted by Crippen LogP contribution is 2.25. The van der Waals surface area contributed by atoms with Gasteiger partial charge in [-0.15, -0.1) is 0 Å². The number of carboxylic acid groups (broad SMARTS) is 1. The number of esters is 2. The Bertz CT molecular complexity index is 1300.